The third kappa shape index (κ3) is 6.94. The molecule has 0 aliphatic carbocycles. The van der Waals surface area contributed by atoms with E-state index in [0.717, 1.165) is 5.56 Å². The first kappa shape index (κ1) is 25.0. The van der Waals surface area contributed by atoms with E-state index in [1.54, 1.807) is 42.5 Å². The molecule has 1 heterocycles. The first-order valence-corrected chi connectivity index (χ1v) is 10.8. The standard InChI is InChI=1S/C22H16ClF3N4O3S/c1-13-10-17(6-7-18(13)23)33-9-8-32-16-4-2-14(3-5-16)11-15(12-27)19(31)28-21-30-29-20(34-21)22(24,25)26/h2-7,10-11H,8-9H2,1H3,(H,28,30,31). The normalized spacial score (nSPS) is 11.6. The summed E-state index contributed by atoms with van der Waals surface area (Å²) in [6.07, 6.45) is -3.38. The van der Waals surface area contributed by atoms with Crippen LogP contribution in [-0.4, -0.2) is 29.3 Å². The summed E-state index contributed by atoms with van der Waals surface area (Å²) >= 11 is 6.14. The number of carbonyl (C=O) groups excluding carboxylic acids is 1. The molecule has 3 aromatic rings. The van der Waals surface area contributed by atoms with Gasteiger partial charge in [-0.1, -0.05) is 35.1 Å². The van der Waals surface area contributed by atoms with Gasteiger partial charge in [0.1, 0.15) is 36.4 Å². The molecule has 0 saturated carbocycles. The highest BCUT2D eigenvalue weighted by molar-refractivity contribution is 7.15. The maximum absolute atomic E-state index is 12.6. The van der Waals surface area contributed by atoms with Crippen molar-refractivity contribution in [3.05, 3.63) is 69.2 Å². The Kier molecular flexibility index (Phi) is 8.09. The molecule has 7 nitrogen and oxygen atoms in total. The zero-order valence-electron chi connectivity index (χ0n) is 17.5. The minimum atomic E-state index is -4.67. The van der Waals surface area contributed by atoms with Crippen LogP contribution in [0.2, 0.25) is 5.02 Å². The molecule has 1 amide bonds. The van der Waals surface area contributed by atoms with Crippen LogP contribution in [0.5, 0.6) is 11.5 Å². The number of rotatable bonds is 8. The van der Waals surface area contributed by atoms with Gasteiger partial charge in [0.05, 0.1) is 0 Å². The van der Waals surface area contributed by atoms with E-state index in [-0.39, 0.29) is 28.6 Å². The van der Waals surface area contributed by atoms with E-state index in [1.165, 1.54) is 6.08 Å². The van der Waals surface area contributed by atoms with Crippen LogP contribution >= 0.6 is 22.9 Å². The minimum Gasteiger partial charge on any atom is -0.490 e. The Morgan fingerprint density at radius 3 is 2.38 bits per heavy atom. The maximum Gasteiger partial charge on any atom is 0.445 e. The van der Waals surface area contributed by atoms with Gasteiger partial charge in [0.2, 0.25) is 10.1 Å². The van der Waals surface area contributed by atoms with E-state index < -0.39 is 17.1 Å². The number of anilines is 1. The molecule has 1 aromatic heterocycles. The minimum absolute atomic E-state index is 0.165. The second-order valence-corrected chi connectivity index (χ2v) is 8.10. The summed E-state index contributed by atoms with van der Waals surface area (Å²) in [7, 11) is 0. The van der Waals surface area contributed by atoms with E-state index in [9.17, 15) is 23.2 Å². The van der Waals surface area contributed by atoms with Gasteiger partial charge in [0, 0.05) is 5.02 Å². The van der Waals surface area contributed by atoms with Crippen molar-refractivity contribution in [2.45, 2.75) is 13.1 Å². The molecule has 1 N–H and O–H groups in total. The lowest BCUT2D eigenvalue weighted by Gasteiger charge is -2.09. The number of halogens is 4. The lowest BCUT2D eigenvalue weighted by molar-refractivity contribution is -0.138. The van der Waals surface area contributed by atoms with Gasteiger partial charge in [0.25, 0.3) is 5.91 Å². The highest BCUT2D eigenvalue weighted by Crippen LogP contribution is 2.33. The number of alkyl halides is 3. The van der Waals surface area contributed by atoms with Gasteiger partial charge in [-0.2, -0.15) is 18.4 Å². The van der Waals surface area contributed by atoms with Crippen molar-refractivity contribution < 1.29 is 27.4 Å². The Labute approximate surface area is 201 Å². The van der Waals surface area contributed by atoms with Gasteiger partial charge in [0.15, 0.2) is 0 Å². The van der Waals surface area contributed by atoms with Crippen molar-refractivity contribution in [1.82, 2.24) is 10.2 Å². The van der Waals surface area contributed by atoms with Gasteiger partial charge in [-0.25, -0.2) is 0 Å². The predicted octanol–water partition coefficient (Wildman–Crippen LogP) is 5.52. The summed E-state index contributed by atoms with van der Waals surface area (Å²) < 4.78 is 49.0. The number of nitrogens with one attached hydrogen (secondary N) is 1. The molecular weight excluding hydrogens is 493 g/mol. The summed E-state index contributed by atoms with van der Waals surface area (Å²) in [6.45, 7) is 2.47. The molecule has 0 aliphatic rings. The van der Waals surface area contributed by atoms with Crippen LogP contribution in [0.4, 0.5) is 18.3 Å². The molecule has 0 atom stereocenters. The van der Waals surface area contributed by atoms with Gasteiger partial charge in [-0.15, -0.1) is 10.2 Å². The Balaban J connectivity index is 1.53. The fourth-order valence-corrected chi connectivity index (χ4v) is 3.28. The first-order valence-electron chi connectivity index (χ1n) is 9.61. The van der Waals surface area contributed by atoms with Crippen molar-refractivity contribution in [2.24, 2.45) is 0 Å². The number of aromatic nitrogens is 2. The van der Waals surface area contributed by atoms with E-state index >= 15 is 0 Å². The lowest BCUT2D eigenvalue weighted by atomic mass is 10.1. The number of ether oxygens (including phenoxy) is 2. The van der Waals surface area contributed by atoms with Gasteiger partial charge in [-0.3, -0.25) is 10.1 Å². The molecule has 0 bridgehead atoms. The fraction of sp³-hybridized carbons (Fsp3) is 0.182. The number of nitriles is 1. The van der Waals surface area contributed by atoms with E-state index in [0.29, 0.717) is 28.7 Å². The molecule has 176 valence electrons. The lowest BCUT2D eigenvalue weighted by Crippen LogP contribution is -2.13. The molecular formula is C22H16ClF3N4O3S. The average Bonchev–Trinajstić information content (AvgIpc) is 3.27. The summed E-state index contributed by atoms with van der Waals surface area (Å²) in [5.41, 5.74) is 1.10. The van der Waals surface area contributed by atoms with Crippen molar-refractivity contribution in [3.8, 4) is 17.6 Å². The van der Waals surface area contributed by atoms with Crippen LogP contribution < -0.4 is 14.8 Å². The molecule has 0 aliphatic heterocycles. The number of nitrogens with zero attached hydrogens (tertiary/aromatic N) is 3. The number of hydrogen-bond donors (Lipinski definition) is 1. The summed E-state index contributed by atoms with van der Waals surface area (Å²) in [6, 6.07) is 13.6. The van der Waals surface area contributed by atoms with Gasteiger partial charge < -0.3 is 9.47 Å². The summed E-state index contributed by atoms with van der Waals surface area (Å²) in [5.74, 6) is 0.322. The van der Waals surface area contributed by atoms with Crippen molar-refractivity contribution in [3.63, 3.8) is 0 Å². The highest BCUT2D eigenvalue weighted by Gasteiger charge is 2.35. The molecule has 0 fully saturated rings. The number of amides is 1. The Morgan fingerprint density at radius 2 is 1.79 bits per heavy atom. The van der Waals surface area contributed by atoms with Crippen LogP contribution in [0.1, 0.15) is 16.1 Å². The first-order chi connectivity index (χ1) is 16.2. The van der Waals surface area contributed by atoms with Crippen LogP contribution in [0, 0.1) is 18.3 Å². The zero-order chi connectivity index (χ0) is 24.7. The van der Waals surface area contributed by atoms with E-state index in [4.69, 9.17) is 21.1 Å². The number of aryl methyl sites for hydroxylation is 1. The van der Waals surface area contributed by atoms with Crippen LogP contribution in [0.15, 0.2) is 48.0 Å². The second-order valence-electron chi connectivity index (χ2n) is 6.71. The maximum atomic E-state index is 12.6. The number of carbonyl (C=O) groups is 1. The molecule has 2 aromatic carbocycles. The van der Waals surface area contributed by atoms with Crippen molar-refractivity contribution in [2.75, 3.05) is 18.5 Å². The Morgan fingerprint density at radius 1 is 1.15 bits per heavy atom. The van der Waals surface area contributed by atoms with E-state index in [1.807, 2.05) is 13.0 Å². The second kappa shape index (κ2) is 11.0. The largest absolute Gasteiger partial charge is 0.490 e. The average molecular weight is 509 g/mol. The highest BCUT2D eigenvalue weighted by atomic mass is 35.5. The predicted molar refractivity (Wildman–Crippen MR) is 121 cm³/mol. The summed E-state index contributed by atoms with van der Waals surface area (Å²) in [4.78, 5) is 12.2. The van der Waals surface area contributed by atoms with Crippen LogP contribution in [-0.2, 0) is 11.0 Å². The molecule has 0 radical (unpaired) electrons. The fourth-order valence-electron chi connectivity index (χ4n) is 2.55. The molecule has 0 unspecified atom stereocenters. The third-order valence-electron chi connectivity index (χ3n) is 4.19. The van der Waals surface area contributed by atoms with E-state index in [2.05, 4.69) is 15.5 Å². The Bertz CT molecular complexity index is 1240. The monoisotopic (exact) mass is 508 g/mol. The smallest absolute Gasteiger partial charge is 0.445 e. The molecule has 12 heteroatoms. The quantitative estimate of drug-likeness (QED) is 0.244. The molecule has 0 spiro atoms. The van der Waals surface area contributed by atoms with Crippen LogP contribution in [0.3, 0.4) is 0 Å². The van der Waals surface area contributed by atoms with Gasteiger partial charge >= 0.3 is 6.18 Å². The van der Waals surface area contributed by atoms with Gasteiger partial charge in [-0.05, 0) is 54.5 Å². The Hall–Kier alpha value is -3.62. The number of benzene rings is 2. The molecule has 3 rings (SSSR count). The third-order valence-corrected chi connectivity index (χ3v) is 5.50. The van der Waals surface area contributed by atoms with Crippen molar-refractivity contribution >= 4 is 40.1 Å². The van der Waals surface area contributed by atoms with Crippen LogP contribution in [0.25, 0.3) is 6.08 Å². The molecule has 34 heavy (non-hydrogen) atoms. The topological polar surface area (TPSA) is 97.1 Å². The summed E-state index contributed by atoms with van der Waals surface area (Å²) in [5, 5.41) is 16.7. The zero-order valence-corrected chi connectivity index (χ0v) is 19.1. The SMILES string of the molecule is Cc1cc(OCCOc2ccc(C=C(C#N)C(=O)Nc3nnc(C(F)(F)F)s3)cc2)ccc1Cl. The number of hydrogen-bond acceptors (Lipinski definition) is 7. The molecule has 0 saturated heterocycles. The van der Waals surface area contributed by atoms with Crippen molar-refractivity contribution in [1.29, 1.82) is 5.26 Å².